The number of nitrogens with two attached hydrogens (primary N) is 1. The molecule has 0 bridgehead atoms. The Morgan fingerprint density at radius 1 is 1.42 bits per heavy atom. The molecule has 1 amide bonds. The van der Waals surface area contributed by atoms with Crippen molar-refractivity contribution in [2.75, 3.05) is 12.3 Å². The Bertz CT molecular complexity index is 579. The number of aromatic amines is 1. The molecule has 3 N–H and O–H groups in total. The summed E-state index contributed by atoms with van der Waals surface area (Å²) >= 11 is 0. The molecule has 1 aliphatic rings. The third kappa shape index (κ3) is 2.07. The van der Waals surface area contributed by atoms with E-state index in [0.717, 1.165) is 25.1 Å². The fraction of sp³-hybridized carbons (Fsp3) is 0.286. The van der Waals surface area contributed by atoms with Crippen molar-refractivity contribution >= 4 is 11.6 Å². The van der Waals surface area contributed by atoms with Crippen LogP contribution in [0, 0.1) is 0 Å². The molecule has 5 heteroatoms. The summed E-state index contributed by atoms with van der Waals surface area (Å²) in [5.74, 6) is -0.0878. The molecule has 1 fully saturated rings. The van der Waals surface area contributed by atoms with Crippen molar-refractivity contribution in [3.8, 4) is 0 Å². The van der Waals surface area contributed by atoms with E-state index in [4.69, 9.17) is 5.73 Å². The molecule has 1 unspecified atom stereocenters. The second-order valence-corrected chi connectivity index (χ2v) is 4.72. The number of nitrogen functional groups attached to an aromatic ring is 1. The molecule has 0 aromatic carbocycles. The average molecular weight is 256 g/mol. The van der Waals surface area contributed by atoms with Crippen LogP contribution in [0.5, 0.6) is 0 Å². The summed E-state index contributed by atoms with van der Waals surface area (Å²) in [5.41, 5.74) is 7.69. The number of likely N-dealkylation sites (tertiary alicyclic amines) is 1. The zero-order valence-electron chi connectivity index (χ0n) is 10.5. The van der Waals surface area contributed by atoms with Crippen molar-refractivity contribution in [1.82, 2.24) is 14.9 Å². The molecule has 0 radical (unpaired) electrons. The number of nitrogens with zero attached hydrogens (tertiary/aromatic N) is 2. The van der Waals surface area contributed by atoms with Crippen LogP contribution in [0.1, 0.15) is 35.1 Å². The maximum atomic E-state index is 12.5. The molecule has 1 atom stereocenters. The third-order valence-electron chi connectivity index (χ3n) is 3.54. The monoisotopic (exact) mass is 256 g/mol. The van der Waals surface area contributed by atoms with Gasteiger partial charge in [0.05, 0.1) is 11.7 Å². The first-order valence-electron chi connectivity index (χ1n) is 6.42. The number of amides is 1. The van der Waals surface area contributed by atoms with Crippen LogP contribution in [0.2, 0.25) is 0 Å². The molecule has 3 rings (SSSR count). The minimum atomic E-state index is -0.0878. The summed E-state index contributed by atoms with van der Waals surface area (Å²) in [6, 6.07) is 7.51. The van der Waals surface area contributed by atoms with Gasteiger partial charge in [0, 0.05) is 24.6 Å². The Balaban J connectivity index is 1.89. The van der Waals surface area contributed by atoms with Gasteiger partial charge in [0.15, 0.2) is 5.69 Å². The van der Waals surface area contributed by atoms with Gasteiger partial charge in [0.2, 0.25) is 0 Å². The summed E-state index contributed by atoms with van der Waals surface area (Å²) in [4.78, 5) is 21.7. The Morgan fingerprint density at radius 3 is 3.05 bits per heavy atom. The van der Waals surface area contributed by atoms with Gasteiger partial charge < -0.3 is 15.6 Å². The normalized spacial score (nSPS) is 18.7. The third-order valence-corrected chi connectivity index (χ3v) is 3.54. The quantitative estimate of drug-likeness (QED) is 0.862. The number of hydrogen-bond acceptors (Lipinski definition) is 3. The van der Waals surface area contributed by atoms with Crippen molar-refractivity contribution in [2.45, 2.75) is 18.9 Å². The van der Waals surface area contributed by atoms with Crippen molar-refractivity contribution in [3.05, 3.63) is 48.0 Å². The Morgan fingerprint density at radius 2 is 2.32 bits per heavy atom. The first kappa shape index (κ1) is 11.8. The smallest absolute Gasteiger partial charge is 0.275 e. The van der Waals surface area contributed by atoms with E-state index >= 15 is 0 Å². The van der Waals surface area contributed by atoms with Gasteiger partial charge in [-0.1, -0.05) is 0 Å². The predicted molar refractivity (Wildman–Crippen MR) is 72.5 cm³/mol. The zero-order chi connectivity index (χ0) is 13.2. The lowest BCUT2D eigenvalue weighted by atomic mass is 10.1. The lowest BCUT2D eigenvalue weighted by molar-refractivity contribution is 0.0728. The fourth-order valence-electron chi connectivity index (χ4n) is 2.62. The number of rotatable bonds is 2. The highest BCUT2D eigenvalue weighted by Crippen LogP contribution is 2.32. The van der Waals surface area contributed by atoms with Gasteiger partial charge in [-0.05, 0) is 37.1 Å². The number of anilines is 1. The highest BCUT2D eigenvalue weighted by Gasteiger charge is 2.32. The number of aromatic nitrogens is 2. The molecule has 19 heavy (non-hydrogen) atoms. The van der Waals surface area contributed by atoms with Crippen LogP contribution in [0.3, 0.4) is 0 Å². The predicted octanol–water partition coefficient (Wildman–Crippen LogP) is 1.97. The van der Waals surface area contributed by atoms with Crippen LogP contribution in [0.4, 0.5) is 5.69 Å². The van der Waals surface area contributed by atoms with Gasteiger partial charge in [-0.3, -0.25) is 4.79 Å². The molecule has 2 aromatic rings. The number of carbonyl (C=O) groups excluding carboxylic acids is 1. The molecular weight excluding hydrogens is 240 g/mol. The van der Waals surface area contributed by atoms with Crippen LogP contribution < -0.4 is 5.73 Å². The SMILES string of the molecule is Nc1cccnc1C(=O)N1CCCC1c1ccc[nH]1. The molecule has 0 spiro atoms. The molecule has 1 aliphatic heterocycles. The molecule has 0 aliphatic carbocycles. The first-order valence-corrected chi connectivity index (χ1v) is 6.42. The standard InChI is InChI=1S/C14H16N4O/c15-10-4-1-8-17-13(10)14(19)18-9-3-6-12(18)11-5-2-7-16-11/h1-2,4-5,7-8,12,16H,3,6,9,15H2. The summed E-state index contributed by atoms with van der Waals surface area (Å²) in [5, 5.41) is 0. The van der Waals surface area contributed by atoms with Crippen LogP contribution in [-0.2, 0) is 0 Å². The number of nitrogens with one attached hydrogen (secondary N) is 1. The number of pyridine rings is 1. The fourth-order valence-corrected chi connectivity index (χ4v) is 2.62. The second kappa shape index (κ2) is 4.76. The second-order valence-electron chi connectivity index (χ2n) is 4.72. The summed E-state index contributed by atoms with van der Waals surface area (Å²) < 4.78 is 0. The van der Waals surface area contributed by atoms with Crippen LogP contribution in [-0.4, -0.2) is 27.3 Å². The van der Waals surface area contributed by atoms with Crippen molar-refractivity contribution in [1.29, 1.82) is 0 Å². The van der Waals surface area contributed by atoms with Crippen LogP contribution in [0.25, 0.3) is 0 Å². The van der Waals surface area contributed by atoms with E-state index in [1.165, 1.54) is 0 Å². The number of H-pyrrole nitrogens is 1. The van der Waals surface area contributed by atoms with E-state index in [9.17, 15) is 4.79 Å². The van der Waals surface area contributed by atoms with Gasteiger partial charge >= 0.3 is 0 Å². The van der Waals surface area contributed by atoms with Gasteiger partial charge in [-0.25, -0.2) is 4.98 Å². The van der Waals surface area contributed by atoms with E-state index < -0.39 is 0 Å². The molecule has 3 heterocycles. The lowest BCUT2D eigenvalue weighted by Crippen LogP contribution is -2.31. The maximum absolute atomic E-state index is 12.5. The van der Waals surface area contributed by atoms with E-state index in [1.807, 2.05) is 23.2 Å². The minimum Gasteiger partial charge on any atom is -0.397 e. The van der Waals surface area contributed by atoms with Crippen molar-refractivity contribution in [3.63, 3.8) is 0 Å². The van der Waals surface area contributed by atoms with Crippen molar-refractivity contribution in [2.24, 2.45) is 0 Å². The summed E-state index contributed by atoms with van der Waals surface area (Å²) in [6.45, 7) is 0.749. The molecular formula is C14H16N4O. The van der Waals surface area contributed by atoms with Crippen molar-refractivity contribution < 1.29 is 4.79 Å². The van der Waals surface area contributed by atoms with Gasteiger partial charge in [0.1, 0.15) is 0 Å². The van der Waals surface area contributed by atoms with E-state index in [-0.39, 0.29) is 11.9 Å². The highest BCUT2D eigenvalue weighted by atomic mass is 16.2. The van der Waals surface area contributed by atoms with E-state index in [2.05, 4.69) is 9.97 Å². The first-order chi connectivity index (χ1) is 9.27. The molecule has 5 nitrogen and oxygen atoms in total. The van der Waals surface area contributed by atoms with Crippen LogP contribution >= 0.6 is 0 Å². The summed E-state index contributed by atoms with van der Waals surface area (Å²) in [6.07, 6.45) is 5.45. The summed E-state index contributed by atoms with van der Waals surface area (Å²) in [7, 11) is 0. The Kier molecular flexibility index (Phi) is 2.95. The van der Waals surface area contributed by atoms with Gasteiger partial charge in [-0.2, -0.15) is 0 Å². The van der Waals surface area contributed by atoms with Crippen LogP contribution in [0.15, 0.2) is 36.7 Å². The maximum Gasteiger partial charge on any atom is 0.275 e. The minimum absolute atomic E-state index is 0.0878. The Labute approximate surface area is 111 Å². The van der Waals surface area contributed by atoms with E-state index in [1.54, 1.807) is 18.3 Å². The molecule has 2 aromatic heterocycles. The van der Waals surface area contributed by atoms with Gasteiger partial charge in [-0.15, -0.1) is 0 Å². The lowest BCUT2D eigenvalue weighted by Gasteiger charge is -2.24. The number of carbonyl (C=O) groups is 1. The topological polar surface area (TPSA) is 75.0 Å². The zero-order valence-corrected chi connectivity index (χ0v) is 10.5. The average Bonchev–Trinajstić information content (AvgIpc) is 3.09. The van der Waals surface area contributed by atoms with Gasteiger partial charge in [0.25, 0.3) is 5.91 Å². The molecule has 1 saturated heterocycles. The Hall–Kier alpha value is -2.30. The van der Waals surface area contributed by atoms with E-state index in [0.29, 0.717) is 11.4 Å². The molecule has 98 valence electrons. The number of hydrogen-bond donors (Lipinski definition) is 2. The molecule has 0 saturated carbocycles. The highest BCUT2D eigenvalue weighted by molar-refractivity contribution is 5.97. The largest absolute Gasteiger partial charge is 0.397 e.